The van der Waals surface area contributed by atoms with E-state index in [2.05, 4.69) is 39.9 Å². The summed E-state index contributed by atoms with van der Waals surface area (Å²) in [5, 5.41) is 27.6. The second kappa shape index (κ2) is 11.4. The predicted molar refractivity (Wildman–Crippen MR) is 120 cm³/mol. The van der Waals surface area contributed by atoms with Crippen LogP contribution in [0.1, 0.15) is 40.4 Å². The van der Waals surface area contributed by atoms with E-state index in [1.54, 1.807) is 24.3 Å². The highest BCUT2D eigenvalue weighted by Crippen LogP contribution is 2.08. The SMILES string of the molecule is C[C@@H](O)[C@H](NC(=O)c1ccc(C#Cc2ccc(CNC3CCNC3)cc2)cc1)C(=O)NO. The van der Waals surface area contributed by atoms with E-state index in [-0.39, 0.29) is 0 Å². The molecule has 1 aliphatic heterocycles. The van der Waals surface area contributed by atoms with Crippen LogP contribution < -0.4 is 21.4 Å². The minimum Gasteiger partial charge on any atom is -0.391 e. The van der Waals surface area contributed by atoms with Gasteiger partial charge in [0.2, 0.25) is 0 Å². The summed E-state index contributed by atoms with van der Waals surface area (Å²) in [6.45, 7) is 4.26. The molecule has 0 saturated carbocycles. The van der Waals surface area contributed by atoms with Crippen molar-refractivity contribution >= 4 is 11.8 Å². The Kier molecular flexibility index (Phi) is 8.36. The van der Waals surface area contributed by atoms with Gasteiger partial charge in [-0.1, -0.05) is 24.0 Å². The van der Waals surface area contributed by atoms with Crippen LogP contribution in [0.15, 0.2) is 48.5 Å². The number of carbonyl (C=O) groups is 2. The van der Waals surface area contributed by atoms with Gasteiger partial charge in [0.1, 0.15) is 6.04 Å². The normalized spacial score (nSPS) is 17.0. The summed E-state index contributed by atoms with van der Waals surface area (Å²) in [6.07, 6.45) is -0.0125. The van der Waals surface area contributed by atoms with Crippen molar-refractivity contribution in [2.75, 3.05) is 13.1 Å². The van der Waals surface area contributed by atoms with Crippen molar-refractivity contribution in [3.05, 3.63) is 70.8 Å². The van der Waals surface area contributed by atoms with Crippen LogP contribution >= 0.6 is 0 Å². The number of aliphatic hydroxyl groups excluding tert-OH is 1. The summed E-state index contributed by atoms with van der Waals surface area (Å²) in [5.41, 5.74) is 4.58. The first-order valence-electron chi connectivity index (χ1n) is 10.5. The van der Waals surface area contributed by atoms with E-state index in [0.717, 1.165) is 37.2 Å². The molecule has 32 heavy (non-hydrogen) atoms. The van der Waals surface area contributed by atoms with Gasteiger partial charge in [-0.25, -0.2) is 5.48 Å². The molecule has 6 N–H and O–H groups in total. The summed E-state index contributed by atoms with van der Waals surface area (Å²) in [4.78, 5) is 23.9. The van der Waals surface area contributed by atoms with Gasteiger partial charge in [0.05, 0.1) is 6.10 Å². The smallest absolute Gasteiger partial charge is 0.268 e. The molecule has 2 amide bonds. The molecule has 1 aliphatic rings. The third kappa shape index (κ3) is 6.64. The fourth-order valence-corrected chi connectivity index (χ4v) is 3.35. The van der Waals surface area contributed by atoms with E-state index >= 15 is 0 Å². The molecule has 2 aromatic carbocycles. The van der Waals surface area contributed by atoms with Gasteiger partial charge in [-0.3, -0.25) is 14.8 Å². The second-order valence-corrected chi connectivity index (χ2v) is 7.76. The number of aliphatic hydroxyl groups is 1. The lowest BCUT2D eigenvalue weighted by Gasteiger charge is -2.19. The third-order valence-corrected chi connectivity index (χ3v) is 5.27. The second-order valence-electron chi connectivity index (χ2n) is 7.76. The van der Waals surface area contributed by atoms with Crippen LogP contribution in [-0.4, -0.2) is 53.4 Å². The number of hydroxylamine groups is 1. The van der Waals surface area contributed by atoms with Gasteiger partial charge in [0.25, 0.3) is 11.8 Å². The number of rotatable bonds is 7. The largest absolute Gasteiger partial charge is 0.391 e. The fraction of sp³-hybridized carbons (Fsp3) is 0.333. The van der Waals surface area contributed by atoms with Crippen molar-refractivity contribution in [2.45, 2.75) is 38.1 Å². The average Bonchev–Trinajstić information content (AvgIpc) is 3.34. The lowest BCUT2D eigenvalue weighted by atomic mass is 10.1. The van der Waals surface area contributed by atoms with E-state index in [9.17, 15) is 14.7 Å². The lowest BCUT2D eigenvalue weighted by molar-refractivity contribution is -0.133. The first-order chi connectivity index (χ1) is 15.5. The minimum atomic E-state index is -1.26. The molecule has 0 spiro atoms. The van der Waals surface area contributed by atoms with Crippen molar-refractivity contribution in [2.24, 2.45) is 0 Å². The van der Waals surface area contributed by atoms with Gasteiger partial charge in [-0.2, -0.15) is 0 Å². The molecule has 8 nitrogen and oxygen atoms in total. The maximum absolute atomic E-state index is 12.3. The molecule has 168 valence electrons. The zero-order chi connectivity index (χ0) is 22.9. The first-order valence-corrected chi connectivity index (χ1v) is 10.5. The Balaban J connectivity index is 1.56. The molecule has 0 bridgehead atoms. The average molecular weight is 437 g/mol. The number of nitrogens with one attached hydrogen (secondary N) is 4. The van der Waals surface area contributed by atoms with Gasteiger partial charge in [-0.15, -0.1) is 0 Å². The summed E-state index contributed by atoms with van der Waals surface area (Å²) >= 11 is 0. The minimum absolute atomic E-state index is 0.307. The van der Waals surface area contributed by atoms with Crippen LogP contribution in [0, 0.1) is 11.8 Å². The van der Waals surface area contributed by atoms with Crippen molar-refractivity contribution in [3.8, 4) is 11.8 Å². The topological polar surface area (TPSA) is 123 Å². The van der Waals surface area contributed by atoms with Crippen LogP contribution in [0.25, 0.3) is 0 Å². The highest BCUT2D eigenvalue weighted by atomic mass is 16.5. The van der Waals surface area contributed by atoms with Crippen molar-refractivity contribution in [1.29, 1.82) is 0 Å². The standard InChI is InChI=1S/C24H28N4O4/c1-16(29)22(24(31)28-32)27-23(30)20-10-8-18(9-11-20)3-2-17-4-6-19(7-5-17)14-26-21-12-13-25-15-21/h4-11,16,21-22,25-26,29,32H,12-15H2,1H3,(H,27,30)(H,28,31)/t16-,21?,22+/m1/s1. The zero-order valence-corrected chi connectivity index (χ0v) is 17.9. The van der Waals surface area contributed by atoms with E-state index in [1.807, 2.05) is 12.1 Å². The van der Waals surface area contributed by atoms with Gasteiger partial charge >= 0.3 is 0 Å². The monoisotopic (exact) mass is 436 g/mol. The molecule has 1 heterocycles. The molecular weight excluding hydrogens is 408 g/mol. The molecule has 2 aromatic rings. The van der Waals surface area contributed by atoms with E-state index < -0.39 is 24.0 Å². The molecule has 1 unspecified atom stereocenters. The predicted octanol–water partition coefficient (Wildman–Crippen LogP) is 0.523. The Hall–Kier alpha value is -3.22. The maximum Gasteiger partial charge on any atom is 0.268 e. The van der Waals surface area contributed by atoms with Gasteiger partial charge in [0, 0.05) is 35.8 Å². The highest BCUT2D eigenvalue weighted by molar-refractivity contribution is 5.97. The summed E-state index contributed by atoms with van der Waals surface area (Å²) < 4.78 is 0. The quantitative estimate of drug-likeness (QED) is 0.214. The molecule has 0 aromatic heterocycles. The maximum atomic E-state index is 12.3. The van der Waals surface area contributed by atoms with E-state index in [4.69, 9.17) is 5.21 Å². The summed E-state index contributed by atoms with van der Waals surface area (Å²) in [7, 11) is 0. The molecular formula is C24H28N4O4. The lowest BCUT2D eigenvalue weighted by Crippen LogP contribution is -2.51. The first kappa shape index (κ1) is 23.4. The van der Waals surface area contributed by atoms with Crippen molar-refractivity contribution in [1.82, 2.24) is 21.4 Å². The Morgan fingerprint density at radius 3 is 2.25 bits per heavy atom. The van der Waals surface area contributed by atoms with E-state index in [1.165, 1.54) is 18.0 Å². The van der Waals surface area contributed by atoms with Crippen LogP contribution in [0.3, 0.4) is 0 Å². The Labute approximate surface area is 187 Å². The Bertz CT molecular complexity index is 972. The number of benzene rings is 2. The number of amides is 2. The number of carbonyl (C=O) groups excluding carboxylic acids is 2. The molecule has 3 atom stereocenters. The van der Waals surface area contributed by atoms with Gasteiger partial charge in [0.15, 0.2) is 0 Å². The number of hydrogen-bond acceptors (Lipinski definition) is 6. The van der Waals surface area contributed by atoms with Crippen LogP contribution in [-0.2, 0) is 11.3 Å². The molecule has 3 rings (SSSR count). The molecule has 0 aliphatic carbocycles. The van der Waals surface area contributed by atoms with Gasteiger partial charge < -0.3 is 21.1 Å². The van der Waals surface area contributed by atoms with E-state index in [0.29, 0.717) is 11.6 Å². The third-order valence-electron chi connectivity index (χ3n) is 5.27. The Morgan fingerprint density at radius 1 is 1.09 bits per heavy atom. The van der Waals surface area contributed by atoms with Crippen LogP contribution in [0.4, 0.5) is 0 Å². The summed E-state index contributed by atoms with van der Waals surface area (Å²) in [5.74, 6) is 4.74. The van der Waals surface area contributed by atoms with Crippen molar-refractivity contribution in [3.63, 3.8) is 0 Å². The molecule has 1 saturated heterocycles. The van der Waals surface area contributed by atoms with Gasteiger partial charge in [-0.05, 0) is 61.9 Å². The molecule has 8 heteroatoms. The van der Waals surface area contributed by atoms with Crippen LogP contribution in [0.5, 0.6) is 0 Å². The zero-order valence-electron chi connectivity index (χ0n) is 17.9. The summed E-state index contributed by atoms with van der Waals surface area (Å²) in [6, 6.07) is 14.0. The Morgan fingerprint density at radius 2 is 1.72 bits per heavy atom. The fourth-order valence-electron chi connectivity index (χ4n) is 3.35. The highest BCUT2D eigenvalue weighted by Gasteiger charge is 2.25. The number of hydrogen-bond donors (Lipinski definition) is 6. The molecule has 1 fully saturated rings. The van der Waals surface area contributed by atoms with Crippen molar-refractivity contribution < 1.29 is 19.9 Å². The van der Waals surface area contributed by atoms with Crippen LogP contribution in [0.2, 0.25) is 0 Å². The molecule has 0 radical (unpaired) electrons.